The Kier molecular flexibility index (Phi) is 4.55. The van der Waals surface area contributed by atoms with Crippen LogP contribution in [0.2, 0.25) is 0 Å². The van der Waals surface area contributed by atoms with Crippen molar-refractivity contribution >= 4 is 11.8 Å². The normalized spacial score (nSPS) is 19.5. The van der Waals surface area contributed by atoms with Gasteiger partial charge < -0.3 is 10.6 Å². The number of nitrogen functional groups attached to an aromatic ring is 1. The van der Waals surface area contributed by atoms with Crippen LogP contribution in [0.15, 0.2) is 6.07 Å². The highest BCUT2D eigenvalue weighted by atomic mass is 19.4. The molecule has 118 valence electrons. The lowest BCUT2D eigenvalue weighted by atomic mass is 10.2. The maximum absolute atomic E-state index is 12.8. The molecule has 1 unspecified atom stereocenters. The molecule has 1 aromatic heterocycles. The fourth-order valence-electron chi connectivity index (χ4n) is 2.75. The van der Waals surface area contributed by atoms with Crippen molar-refractivity contribution in [2.45, 2.75) is 32.5 Å². The minimum atomic E-state index is -4.51. The van der Waals surface area contributed by atoms with Crippen molar-refractivity contribution in [1.29, 1.82) is 0 Å². The summed E-state index contributed by atoms with van der Waals surface area (Å²) in [6.07, 6.45) is -3.60. The fourth-order valence-corrected chi connectivity index (χ4v) is 2.75. The van der Waals surface area contributed by atoms with Crippen LogP contribution >= 0.6 is 0 Å². The second kappa shape index (κ2) is 6.05. The number of rotatable bonds is 4. The summed E-state index contributed by atoms with van der Waals surface area (Å²) >= 11 is 0. The van der Waals surface area contributed by atoms with Crippen LogP contribution in [0.5, 0.6) is 0 Å². The minimum absolute atomic E-state index is 0.254. The standard InChI is InChI=1S/C13H20F3N5/c1-3-20(4-2)9-5-6-21(8-9)11-7-10(13(14,15)16)18-12(17)19-11/h7,9H,3-6,8H2,1-2H3,(H2,17,18,19). The topological polar surface area (TPSA) is 58.3 Å². The van der Waals surface area contributed by atoms with Crippen LogP contribution in [0.1, 0.15) is 26.0 Å². The average Bonchev–Trinajstić information content (AvgIpc) is 2.88. The molecule has 2 heterocycles. The second-order valence-electron chi connectivity index (χ2n) is 5.08. The number of hydrogen-bond acceptors (Lipinski definition) is 5. The van der Waals surface area contributed by atoms with E-state index < -0.39 is 11.9 Å². The molecule has 0 radical (unpaired) electrons. The Hall–Kier alpha value is -1.57. The van der Waals surface area contributed by atoms with E-state index in [1.54, 1.807) is 0 Å². The summed E-state index contributed by atoms with van der Waals surface area (Å²) in [5.74, 6) is -0.0874. The van der Waals surface area contributed by atoms with Gasteiger partial charge in [-0.25, -0.2) is 4.98 Å². The van der Waals surface area contributed by atoms with Gasteiger partial charge in [0.15, 0.2) is 5.69 Å². The molecule has 8 heteroatoms. The van der Waals surface area contributed by atoms with Gasteiger partial charge in [0, 0.05) is 25.2 Å². The molecule has 1 atom stereocenters. The lowest BCUT2D eigenvalue weighted by Gasteiger charge is -2.26. The zero-order chi connectivity index (χ0) is 15.6. The van der Waals surface area contributed by atoms with Crippen molar-refractivity contribution < 1.29 is 13.2 Å². The third kappa shape index (κ3) is 3.55. The highest BCUT2D eigenvalue weighted by molar-refractivity contribution is 5.45. The Morgan fingerprint density at radius 3 is 2.57 bits per heavy atom. The van der Waals surface area contributed by atoms with Gasteiger partial charge in [0.2, 0.25) is 5.95 Å². The summed E-state index contributed by atoms with van der Waals surface area (Å²) in [5, 5.41) is 0. The first kappa shape index (κ1) is 15.8. The number of halogens is 3. The Bertz CT molecular complexity index is 487. The van der Waals surface area contributed by atoms with Gasteiger partial charge in [0.25, 0.3) is 0 Å². The molecule has 0 saturated carbocycles. The largest absolute Gasteiger partial charge is 0.433 e. The minimum Gasteiger partial charge on any atom is -0.368 e. The van der Waals surface area contributed by atoms with Crippen LogP contribution in [-0.2, 0) is 6.18 Å². The maximum atomic E-state index is 12.8. The maximum Gasteiger partial charge on any atom is 0.433 e. The van der Waals surface area contributed by atoms with Crippen molar-refractivity contribution in [3.63, 3.8) is 0 Å². The molecule has 1 saturated heterocycles. The summed E-state index contributed by atoms with van der Waals surface area (Å²) in [6.45, 7) is 7.35. The first-order valence-corrected chi connectivity index (χ1v) is 7.05. The number of nitrogens with zero attached hydrogens (tertiary/aromatic N) is 4. The van der Waals surface area contributed by atoms with Gasteiger partial charge in [-0.15, -0.1) is 0 Å². The van der Waals surface area contributed by atoms with Gasteiger partial charge in [-0.3, -0.25) is 4.90 Å². The zero-order valence-electron chi connectivity index (χ0n) is 12.2. The van der Waals surface area contributed by atoms with Gasteiger partial charge >= 0.3 is 6.18 Å². The summed E-state index contributed by atoms with van der Waals surface area (Å²) in [5.41, 5.74) is 4.42. The van der Waals surface area contributed by atoms with Gasteiger partial charge in [-0.2, -0.15) is 18.2 Å². The van der Waals surface area contributed by atoms with Crippen molar-refractivity contribution in [2.24, 2.45) is 0 Å². The predicted octanol–water partition coefficient (Wildman–Crippen LogP) is 2.00. The lowest BCUT2D eigenvalue weighted by molar-refractivity contribution is -0.141. The molecule has 1 fully saturated rings. The van der Waals surface area contributed by atoms with Crippen LogP contribution in [0.25, 0.3) is 0 Å². The van der Waals surface area contributed by atoms with E-state index in [1.807, 2.05) is 4.90 Å². The van der Waals surface area contributed by atoms with Gasteiger partial charge in [0.05, 0.1) is 0 Å². The van der Waals surface area contributed by atoms with E-state index in [9.17, 15) is 13.2 Å². The van der Waals surface area contributed by atoms with E-state index in [0.29, 0.717) is 19.1 Å². The van der Waals surface area contributed by atoms with Crippen molar-refractivity contribution in [2.75, 3.05) is 36.8 Å². The summed E-state index contributed by atoms with van der Waals surface area (Å²) in [7, 11) is 0. The Morgan fingerprint density at radius 2 is 2.00 bits per heavy atom. The first-order chi connectivity index (χ1) is 9.85. The molecule has 21 heavy (non-hydrogen) atoms. The number of anilines is 2. The van der Waals surface area contributed by atoms with E-state index in [2.05, 4.69) is 28.7 Å². The lowest BCUT2D eigenvalue weighted by Crippen LogP contribution is -2.37. The molecule has 1 aliphatic heterocycles. The van der Waals surface area contributed by atoms with Crippen molar-refractivity contribution in [3.8, 4) is 0 Å². The first-order valence-electron chi connectivity index (χ1n) is 7.05. The number of hydrogen-bond donors (Lipinski definition) is 1. The second-order valence-corrected chi connectivity index (χ2v) is 5.08. The smallest absolute Gasteiger partial charge is 0.368 e. The highest BCUT2D eigenvalue weighted by Crippen LogP contribution is 2.31. The molecule has 0 bridgehead atoms. The van der Waals surface area contributed by atoms with E-state index in [0.717, 1.165) is 25.6 Å². The van der Waals surface area contributed by atoms with Crippen LogP contribution in [0.4, 0.5) is 24.9 Å². The van der Waals surface area contributed by atoms with Crippen molar-refractivity contribution in [1.82, 2.24) is 14.9 Å². The van der Waals surface area contributed by atoms with E-state index in [-0.39, 0.29) is 11.8 Å². The molecule has 1 aliphatic rings. The van der Waals surface area contributed by atoms with Gasteiger partial charge in [-0.05, 0) is 19.5 Å². The predicted molar refractivity (Wildman–Crippen MR) is 75.0 cm³/mol. The quantitative estimate of drug-likeness (QED) is 0.922. The fraction of sp³-hybridized carbons (Fsp3) is 0.692. The molecular weight excluding hydrogens is 283 g/mol. The number of alkyl halides is 3. The third-order valence-corrected chi connectivity index (χ3v) is 3.84. The van der Waals surface area contributed by atoms with Crippen molar-refractivity contribution in [3.05, 3.63) is 11.8 Å². The zero-order valence-corrected chi connectivity index (χ0v) is 12.2. The molecule has 0 aromatic carbocycles. The molecule has 2 N–H and O–H groups in total. The Balaban J connectivity index is 2.18. The summed E-state index contributed by atoms with van der Waals surface area (Å²) in [4.78, 5) is 11.4. The summed E-state index contributed by atoms with van der Waals surface area (Å²) < 4.78 is 38.3. The molecule has 2 rings (SSSR count). The molecule has 0 amide bonds. The third-order valence-electron chi connectivity index (χ3n) is 3.84. The molecular formula is C13H20F3N5. The Morgan fingerprint density at radius 1 is 1.33 bits per heavy atom. The monoisotopic (exact) mass is 303 g/mol. The van der Waals surface area contributed by atoms with Gasteiger partial charge in [0.1, 0.15) is 5.82 Å². The number of aromatic nitrogens is 2. The highest BCUT2D eigenvalue weighted by Gasteiger charge is 2.35. The summed E-state index contributed by atoms with van der Waals surface area (Å²) in [6, 6.07) is 1.31. The Labute approximate surface area is 122 Å². The van der Waals surface area contributed by atoms with E-state index in [4.69, 9.17) is 5.73 Å². The number of nitrogens with two attached hydrogens (primary N) is 1. The number of likely N-dealkylation sites (N-methyl/N-ethyl adjacent to an activating group) is 1. The van der Waals surface area contributed by atoms with E-state index >= 15 is 0 Å². The van der Waals surface area contributed by atoms with Crippen LogP contribution < -0.4 is 10.6 Å². The molecule has 0 aliphatic carbocycles. The molecule has 5 nitrogen and oxygen atoms in total. The molecule has 1 aromatic rings. The van der Waals surface area contributed by atoms with Crippen LogP contribution in [0, 0.1) is 0 Å². The van der Waals surface area contributed by atoms with Crippen LogP contribution in [0.3, 0.4) is 0 Å². The molecule has 0 spiro atoms. The van der Waals surface area contributed by atoms with Gasteiger partial charge in [-0.1, -0.05) is 13.8 Å². The van der Waals surface area contributed by atoms with E-state index in [1.165, 1.54) is 0 Å². The SMILES string of the molecule is CCN(CC)C1CCN(c2cc(C(F)(F)F)nc(N)n2)C1. The average molecular weight is 303 g/mol. The van der Waals surface area contributed by atoms with Crippen LogP contribution in [-0.4, -0.2) is 47.1 Å².